The number of ketones is 1. The van der Waals surface area contributed by atoms with Crippen LogP contribution in [0.4, 0.5) is 0 Å². The zero-order chi connectivity index (χ0) is 17.7. The Balaban J connectivity index is -0.0000000985. The van der Waals surface area contributed by atoms with Crippen LogP contribution in [-0.4, -0.2) is 42.6 Å². The van der Waals surface area contributed by atoms with Gasteiger partial charge >= 0.3 is 11.9 Å². The standard InChI is InChI=1S/C6H12O2.C4H8O2.C3H6O.C2H6O/c1-3-4-5-8-6(2)7;1-3-6-4(2)5;1-3(2)4;1-2-3/h3-5H2,1-2H3;3H2,1-2H3;1-2H3;3H,2H2,1H3. The predicted octanol–water partition coefficient (Wildman–Crippen LogP) is 2.51. The number of esters is 2. The van der Waals surface area contributed by atoms with Crippen molar-refractivity contribution in [3.05, 3.63) is 0 Å². The Morgan fingerprint density at radius 2 is 1.19 bits per heavy atom. The SMILES string of the molecule is CC(C)=O.CCCCOC(C)=O.CCO.CCOC(C)=O. The van der Waals surface area contributed by atoms with Gasteiger partial charge in [0.05, 0.1) is 13.2 Å². The summed E-state index contributed by atoms with van der Waals surface area (Å²) in [5.41, 5.74) is 0. The van der Waals surface area contributed by atoms with Crippen molar-refractivity contribution in [2.45, 2.75) is 61.3 Å². The third-order valence-electron chi connectivity index (χ3n) is 1.15. The van der Waals surface area contributed by atoms with E-state index < -0.39 is 0 Å². The lowest BCUT2D eigenvalue weighted by Gasteiger charge is -1.96. The fraction of sp³-hybridized carbons (Fsp3) is 0.800. The second-order valence-electron chi connectivity index (χ2n) is 3.84. The van der Waals surface area contributed by atoms with Crippen LogP contribution in [0.25, 0.3) is 0 Å². The van der Waals surface area contributed by atoms with Gasteiger partial charge in [-0.2, -0.15) is 0 Å². The second-order valence-corrected chi connectivity index (χ2v) is 3.84. The number of rotatable bonds is 4. The van der Waals surface area contributed by atoms with Crippen LogP contribution >= 0.6 is 0 Å². The number of carbonyl (C=O) groups is 3. The molecule has 0 fully saturated rings. The van der Waals surface area contributed by atoms with Gasteiger partial charge in [-0.3, -0.25) is 9.59 Å². The van der Waals surface area contributed by atoms with Crippen molar-refractivity contribution >= 4 is 17.7 Å². The number of carbonyl (C=O) groups excluding carboxylic acids is 3. The molecule has 0 saturated carbocycles. The molecule has 0 saturated heterocycles. The van der Waals surface area contributed by atoms with Crippen LogP contribution in [0.3, 0.4) is 0 Å². The van der Waals surface area contributed by atoms with Gasteiger partial charge in [0.25, 0.3) is 0 Å². The van der Waals surface area contributed by atoms with Crippen molar-refractivity contribution in [3.8, 4) is 0 Å². The monoisotopic (exact) mass is 308 g/mol. The first-order valence-corrected chi connectivity index (χ1v) is 7.04. The summed E-state index contributed by atoms with van der Waals surface area (Å²) in [5.74, 6) is -0.226. The topological polar surface area (TPSA) is 89.9 Å². The molecule has 0 rings (SSSR count). The zero-order valence-electron chi connectivity index (χ0n) is 14.5. The summed E-state index contributed by atoms with van der Waals surface area (Å²) in [5, 5.41) is 7.57. The van der Waals surface area contributed by atoms with E-state index in [0.29, 0.717) is 13.2 Å². The molecule has 0 aliphatic carbocycles. The molecule has 6 nitrogen and oxygen atoms in total. The smallest absolute Gasteiger partial charge is 0.302 e. The molecule has 0 aliphatic rings. The van der Waals surface area contributed by atoms with Crippen LogP contribution in [0.2, 0.25) is 0 Å². The quantitative estimate of drug-likeness (QED) is 0.634. The highest BCUT2D eigenvalue weighted by atomic mass is 16.5. The van der Waals surface area contributed by atoms with E-state index in [2.05, 4.69) is 16.4 Å². The van der Waals surface area contributed by atoms with Gasteiger partial charge in [-0.1, -0.05) is 13.3 Å². The summed E-state index contributed by atoms with van der Waals surface area (Å²) in [7, 11) is 0. The molecular weight excluding hydrogens is 276 g/mol. The Kier molecular flexibility index (Phi) is 35.8. The Hall–Kier alpha value is -1.43. The predicted molar refractivity (Wildman–Crippen MR) is 83.0 cm³/mol. The molecule has 0 aliphatic heterocycles. The molecule has 128 valence electrons. The Morgan fingerprint density at radius 1 is 0.857 bits per heavy atom. The van der Waals surface area contributed by atoms with Gasteiger partial charge in [-0.05, 0) is 34.1 Å². The van der Waals surface area contributed by atoms with Crippen LogP contribution < -0.4 is 0 Å². The van der Waals surface area contributed by atoms with Crippen molar-refractivity contribution < 1.29 is 29.0 Å². The normalized spacial score (nSPS) is 7.62. The molecule has 0 unspecified atom stereocenters. The summed E-state index contributed by atoms with van der Waals surface area (Å²) in [6.07, 6.45) is 2.05. The van der Waals surface area contributed by atoms with Gasteiger partial charge < -0.3 is 19.4 Å². The van der Waals surface area contributed by atoms with E-state index in [-0.39, 0.29) is 24.3 Å². The number of aliphatic hydroxyl groups excluding tert-OH is 1. The maximum Gasteiger partial charge on any atom is 0.302 e. The first-order valence-electron chi connectivity index (χ1n) is 7.04. The first kappa shape index (κ1) is 27.8. The van der Waals surface area contributed by atoms with Crippen molar-refractivity contribution in [1.82, 2.24) is 0 Å². The van der Waals surface area contributed by atoms with Gasteiger partial charge in [0, 0.05) is 20.5 Å². The average Bonchev–Trinajstić information content (AvgIpc) is 2.29. The Bertz CT molecular complexity index is 234. The summed E-state index contributed by atoms with van der Waals surface area (Å²) >= 11 is 0. The van der Waals surface area contributed by atoms with E-state index in [1.807, 2.05) is 0 Å². The molecule has 0 bridgehead atoms. The Labute approximate surface area is 128 Å². The molecule has 0 aromatic rings. The number of Topliss-reactive ketones (excluding diaryl/α,β-unsaturated/α-hetero) is 1. The highest BCUT2D eigenvalue weighted by Gasteiger charge is 1.88. The minimum Gasteiger partial charge on any atom is -0.466 e. The number of hydrogen-bond donors (Lipinski definition) is 1. The average molecular weight is 308 g/mol. The first-order chi connectivity index (χ1) is 9.69. The molecule has 0 spiro atoms. The van der Waals surface area contributed by atoms with E-state index in [9.17, 15) is 14.4 Å². The van der Waals surface area contributed by atoms with Crippen molar-refractivity contribution in [2.75, 3.05) is 19.8 Å². The number of unbranched alkanes of at least 4 members (excludes halogenated alkanes) is 1. The van der Waals surface area contributed by atoms with Gasteiger partial charge in [-0.25, -0.2) is 0 Å². The van der Waals surface area contributed by atoms with Crippen LogP contribution in [0, 0.1) is 0 Å². The summed E-state index contributed by atoms with van der Waals surface area (Å²) in [6.45, 7) is 12.7. The number of hydrogen-bond acceptors (Lipinski definition) is 6. The van der Waals surface area contributed by atoms with Crippen LogP contribution in [0.5, 0.6) is 0 Å². The van der Waals surface area contributed by atoms with E-state index in [1.54, 1.807) is 13.8 Å². The van der Waals surface area contributed by atoms with Crippen molar-refractivity contribution in [2.24, 2.45) is 0 Å². The van der Waals surface area contributed by atoms with Gasteiger partial charge in [0.1, 0.15) is 5.78 Å². The molecule has 0 radical (unpaired) electrons. The molecule has 0 heterocycles. The third-order valence-corrected chi connectivity index (χ3v) is 1.15. The molecule has 0 atom stereocenters. The largest absolute Gasteiger partial charge is 0.466 e. The van der Waals surface area contributed by atoms with E-state index in [4.69, 9.17) is 5.11 Å². The fourth-order valence-corrected chi connectivity index (χ4v) is 0.563. The third kappa shape index (κ3) is 118. The van der Waals surface area contributed by atoms with Crippen molar-refractivity contribution in [1.29, 1.82) is 0 Å². The summed E-state index contributed by atoms with van der Waals surface area (Å²) in [6, 6.07) is 0. The van der Waals surface area contributed by atoms with Gasteiger partial charge in [-0.15, -0.1) is 0 Å². The highest BCUT2D eigenvalue weighted by Crippen LogP contribution is 1.86. The lowest BCUT2D eigenvalue weighted by Crippen LogP contribution is -1.99. The number of ether oxygens (including phenoxy) is 2. The van der Waals surface area contributed by atoms with E-state index in [0.717, 1.165) is 12.8 Å². The number of aliphatic hydroxyl groups is 1. The zero-order valence-corrected chi connectivity index (χ0v) is 14.5. The molecule has 0 aromatic carbocycles. The molecule has 6 heteroatoms. The maximum absolute atomic E-state index is 10.1. The van der Waals surface area contributed by atoms with Crippen molar-refractivity contribution in [3.63, 3.8) is 0 Å². The minimum absolute atomic E-state index is 0.167. The molecule has 0 amide bonds. The van der Waals surface area contributed by atoms with Gasteiger partial charge in [0.2, 0.25) is 0 Å². The Morgan fingerprint density at radius 3 is 1.33 bits per heavy atom. The van der Waals surface area contributed by atoms with Crippen LogP contribution in [0.1, 0.15) is 61.3 Å². The van der Waals surface area contributed by atoms with Crippen LogP contribution in [-0.2, 0) is 23.9 Å². The van der Waals surface area contributed by atoms with E-state index >= 15 is 0 Å². The van der Waals surface area contributed by atoms with Gasteiger partial charge in [0.15, 0.2) is 0 Å². The maximum atomic E-state index is 10.1. The molecule has 0 aromatic heterocycles. The molecule has 21 heavy (non-hydrogen) atoms. The molecule has 1 N–H and O–H groups in total. The second kappa shape index (κ2) is 27.0. The lowest BCUT2D eigenvalue weighted by atomic mass is 10.4. The minimum atomic E-state index is -0.211. The highest BCUT2D eigenvalue weighted by molar-refractivity contribution is 5.72. The summed E-state index contributed by atoms with van der Waals surface area (Å²) in [4.78, 5) is 29.4. The summed E-state index contributed by atoms with van der Waals surface area (Å²) < 4.78 is 9.05. The van der Waals surface area contributed by atoms with Crippen LogP contribution in [0.15, 0.2) is 0 Å². The lowest BCUT2D eigenvalue weighted by molar-refractivity contribution is -0.141. The molecular formula is C15H32O6. The van der Waals surface area contributed by atoms with E-state index in [1.165, 1.54) is 27.7 Å². The fourth-order valence-electron chi connectivity index (χ4n) is 0.563.